The Kier molecular flexibility index (Phi) is 5.92. The van der Waals surface area contributed by atoms with E-state index in [4.69, 9.17) is 10.2 Å². The van der Waals surface area contributed by atoms with Gasteiger partial charge in [-0.25, -0.2) is 14.9 Å². The zero-order valence-electron chi connectivity index (χ0n) is 16.9. The number of imidazole rings is 1. The van der Waals surface area contributed by atoms with E-state index in [0.717, 1.165) is 54.9 Å². The molecule has 2 N–H and O–H groups in total. The van der Waals surface area contributed by atoms with Crippen molar-refractivity contribution in [2.45, 2.75) is 25.8 Å². The Hall–Kier alpha value is -3.03. The van der Waals surface area contributed by atoms with Gasteiger partial charge in [0.05, 0.1) is 11.0 Å². The van der Waals surface area contributed by atoms with Crippen molar-refractivity contribution in [2.24, 2.45) is 0 Å². The number of aromatic nitrogens is 2. The summed E-state index contributed by atoms with van der Waals surface area (Å²) in [6, 6.07) is 12.7. The monoisotopic (exact) mass is 408 g/mol. The second-order valence-electron chi connectivity index (χ2n) is 7.56. The van der Waals surface area contributed by atoms with Gasteiger partial charge in [-0.15, -0.1) is 0 Å². The van der Waals surface area contributed by atoms with E-state index in [-0.39, 0.29) is 11.9 Å². The first-order valence-corrected chi connectivity index (χ1v) is 10.2. The lowest BCUT2D eigenvalue weighted by Gasteiger charge is -2.33. The quantitative estimate of drug-likeness (QED) is 0.380. The number of amides is 1. The molecular formula is C23H25FN4O2. The molecule has 3 aromatic rings. The predicted octanol–water partition coefficient (Wildman–Crippen LogP) is 4.02. The summed E-state index contributed by atoms with van der Waals surface area (Å²) in [5.74, 6) is -0.102. The number of carbonyl (C=O) groups is 1. The minimum Gasteiger partial charge on any atom is -0.320 e. The zero-order chi connectivity index (χ0) is 21.1. The summed E-state index contributed by atoms with van der Waals surface area (Å²) < 4.78 is 16.1. The van der Waals surface area contributed by atoms with Crippen molar-refractivity contribution in [3.8, 4) is 11.4 Å². The van der Waals surface area contributed by atoms with Gasteiger partial charge in [0.15, 0.2) is 0 Å². The molecule has 2 heterocycles. The number of carbonyl (C=O) groups excluding carboxylic acids is 1. The number of hydroxylamine groups is 1. The molecule has 0 radical (unpaired) electrons. The van der Waals surface area contributed by atoms with E-state index >= 15 is 0 Å². The second-order valence-corrected chi connectivity index (χ2v) is 7.56. The summed E-state index contributed by atoms with van der Waals surface area (Å²) in [5.41, 5.74) is 4.85. The lowest BCUT2D eigenvalue weighted by Crippen LogP contribution is -2.36. The van der Waals surface area contributed by atoms with Crippen LogP contribution in [0.2, 0.25) is 0 Å². The summed E-state index contributed by atoms with van der Waals surface area (Å²) in [4.78, 5) is 18.5. The SMILES string of the molecule is CCN1CCCC(n2c(-c3cccc(/C=C/C(=O)NO)c3)nc3cc(F)ccc32)C1. The average Bonchev–Trinajstić information content (AvgIpc) is 3.16. The zero-order valence-corrected chi connectivity index (χ0v) is 16.9. The molecule has 0 spiro atoms. The minimum atomic E-state index is -0.593. The van der Waals surface area contributed by atoms with Crippen LogP contribution < -0.4 is 5.48 Å². The van der Waals surface area contributed by atoms with Gasteiger partial charge < -0.3 is 9.47 Å². The van der Waals surface area contributed by atoms with Crippen molar-refractivity contribution >= 4 is 23.0 Å². The maximum atomic E-state index is 13.9. The summed E-state index contributed by atoms with van der Waals surface area (Å²) in [7, 11) is 0. The molecule has 1 aliphatic heterocycles. The Morgan fingerprint density at radius 1 is 1.33 bits per heavy atom. The molecule has 1 fully saturated rings. The van der Waals surface area contributed by atoms with Crippen molar-refractivity contribution in [1.29, 1.82) is 0 Å². The molecule has 4 rings (SSSR count). The highest BCUT2D eigenvalue weighted by Gasteiger charge is 2.25. The molecule has 30 heavy (non-hydrogen) atoms. The van der Waals surface area contributed by atoms with Crippen LogP contribution in [0.1, 0.15) is 31.4 Å². The topological polar surface area (TPSA) is 70.4 Å². The number of likely N-dealkylation sites (tertiary alicyclic amines) is 1. The smallest absolute Gasteiger partial charge is 0.267 e. The molecule has 1 atom stereocenters. The molecule has 1 aromatic heterocycles. The van der Waals surface area contributed by atoms with Crippen molar-refractivity contribution < 1.29 is 14.4 Å². The first kappa shape index (κ1) is 20.3. The van der Waals surface area contributed by atoms with Crippen LogP contribution in [0.25, 0.3) is 28.5 Å². The molecule has 0 saturated carbocycles. The van der Waals surface area contributed by atoms with Crippen LogP contribution in [0, 0.1) is 5.82 Å². The first-order chi connectivity index (χ1) is 14.6. The van der Waals surface area contributed by atoms with Crippen LogP contribution in [0.5, 0.6) is 0 Å². The van der Waals surface area contributed by atoms with E-state index in [1.807, 2.05) is 24.3 Å². The standard InChI is InChI=1S/C23H25FN4O2/c1-2-27-12-4-7-19(15-27)28-21-10-9-18(24)14-20(21)25-23(28)17-6-3-5-16(13-17)8-11-22(29)26-30/h3,5-6,8-11,13-14,19,30H,2,4,7,12,15H2,1H3,(H,26,29)/b11-8+. The van der Waals surface area contributed by atoms with Crippen LogP contribution in [0.15, 0.2) is 48.5 Å². The number of hydrogen-bond acceptors (Lipinski definition) is 4. The Bertz CT molecular complexity index is 1090. The lowest BCUT2D eigenvalue weighted by molar-refractivity contribution is -0.124. The molecular weight excluding hydrogens is 383 g/mol. The predicted molar refractivity (Wildman–Crippen MR) is 114 cm³/mol. The number of nitrogens with zero attached hydrogens (tertiary/aromatic N) is 3. The van der Waals surface area contributed by atoms with E-state index in [1.54, 1.807) is 17.6 Å². The molecule has 0 aliphatic carbocycles. The van der Waals surface area contributed by atoms with Gasteiger partial charge in [0.1, 0.15) is 11.6 Å². The second kappa shape index (κ2) is 8.77. The molecule has 7 heteroatoms. The largest absolute Gasteiger partial charge is 0.320 e. The maximum Gasteiger partial charge on any atom is 0.267 e. The normalized spacial score (nSPS) is 17.6. The molecule has 0 bridgehead atoms. The Morgan fingerprint density at radius 3 is 3.00 bits per heavy atom. The van der Waals surface area contributed by atoms with E-state index < -0.39 is 5.91 Å². The molecule has 1 aliphatic rings. The van der Waals surface area contributed by atoms with Gasteiger partial charge in [-0.1, -0.05) is 25.1 Å². The fraction of sp³-hybridized carbons (Fsp3) is 0.304. The van der Waals surface area contributed by atoms with Crippen LogP contribution in [-0.2, 0) is 4.79 Å². The Labute approximate surface area is 174 Å². The summed E-state index contributed by atoms with van der Waals surface area (Å²) in [6.45, 7) is 5.20. The van der Waals surface area contributed by atoms with E-state index in [9.17, 15) is 9.18 Å². The minimum absolute atomic E-state index is 0.253. The van der Waals surface area contributed by atoms with E-state index in [1.165, 1.54) is 18.2 Å². The number of likely N-dealkylation sites (N-methyl/N-ethyl adjacent to an activating group) is 1. The number of piperidine rings is 1. The van der Waals surface area contributed by atoms with Crippen molar-refractivity contribution in [3.63, 3.8) is 0 Å². The molecule has 2 aromatic carbocycles. The van der Waals surface area contributed by atoms with Crippen molar-refractivity contribution in [1.82, 2.24) is 19.9 Å². The fourth-order valence-electron chi connectivity index (χ4n) is 4.16. The van der Waals surface area contributed by atoms with Gasteiger partial charge in [-0.3, -0.25) is 10.0 Å². The summed E-state index contributed by atoms with van der Waals surface area (Å²) >= 11 is 0. The molecule has 6 nitrogen and oxygen atoms in total. The number of benzene rings is 2. The van der Waals surface area contributed by atoms with Crippen LogP contribution in [0.3, 0.4) is 0 Å². The molecule has 1 saturated heterocycles. The maximum absolute atomic E-state index is 13.9. The molecule has 1 amide bonds. The summed E-state index contributed by atoms with van der Waals surface area (Å²) in [6.07, 6.45) is 5.04. The van der Waals surface area contributed by atoms with Gasteiger partial charge in [0.25, 0.3) is 5.91 Å². The van der Waals surface area contributed by atoms with Gasteiger partial charge in [-0.05, 0) is 55.8 Å². The highest BCUT2D eigenvalue weighted by Crippen LogP contribution is 2.33. The van der Waals surface area contributed by atoms with Crippen LogP contribution >= 0.6 is 0 Å². The Balaban J connectivity index is 1.81. The number of halogens is 1. The number of nitrogens with one attached hydrogen (secondary N) is 1. The highest BCUT2D eigenvalue weighted by atomic mass is 19.1. The summed E-state index contributed by atoms with van der Waals surface area (Å²) in [5, 5.41) is 8.67. The van der Waals surface area contributed by atoms with Gasteiger partial charge in [0.2, 0.25) is 0 Å². The Morgan fingerprint density at radius 2 is 2.20 bits per heavy atom. The van der Waals surface area contributed by atoms with Crippen LogP contribution in [-0.4, -0.2) is 45.2 Å². The molecule has 156 valence electrons. The van der Waals surface area contributed by atoms with Crippen LogP contribution in [0.4, 0.5) is 4.39 Å². The van der Waals surface area contributed by atoms with Crippen molar-refractivity contribution in [2.75, 3.05) is 19.6 Å². The average molecular weight is 408 g/mol. The van der Waals surface area contributed by atoms with E-state index in [2.05, 4.69) is 16.4 Å². The van der Waals surface area contributed by atoms with E-state index in [0.29, 0.717) is 5.52 Å². The third-order valence-electron chi connectivity index (χ3n) is 5.63. The van der Waals surface area contributed by atoms with Crippen molar-refractivity contribution in [3.05, 3.63) is 59.9 Å². The number of rotatable bonds is 5. The fourth-order valence-corrected chi connectivity index (χ4v) is 4.16. The number of fused-ring (bicyclic) bond motifs is 1. The van der Waals surface area contributed by atoms with Gasteiger partial charge in [0, 0.05) is 30.3 Å². The molecule has 1 unspecified atom stereocenters. The highest BCUT2D eigenvalue weighted by molar-refractivity contribution is 5.91. The third-order valence-corrected chi connectivity index (χ3v) is 5.63. The third kappa shape index (κ3) is 4.13. The van der Waals surface area contributed by atoms with Gasteiger partial charge >= 0.3 is 0 Å². The lowest BCUT2D eigenvalue weighted by atomic mass is 10.0. The van der Waals surface area contributed by atoms with Gasteiger partial charge in [-0.2, -0.15) is 0 Å². The first-order valence-electron chi connectivity index (χ1n) is 10.2. The number of hydrogen-bond donors (Lipinski definition) is 2.